The van der Waals surface area contributed by atoms with Gasteiger partial charge in [-0.3, -0.25) is 9.98 Å². The lowest BCUT2D eigenvalue weighted by Crippen LogP contribution is -2.46. The van der Waals surface area contributed by atoms with E-state index in [9.17, 15) is 8.78 Å². The molecule has 0 bridgehead atoms. The summed E-state index contributed by atoms with van der Waals surface area (Å²) in [5, 5.41) is 11.4. The van der Waals surface area contributed by atoms with Crippen molar-refractivity contribution < 1.29 is 13.5 Å². The smallest absolute Gasteiger partial charge is 0.296 e. The molecule has 3 rings (SSSR count). The Morgan fingerprint density at radius 1 is 1.46 bits per heavy atom. The number of hydrogen-bond donors (Lipinski definition) is 2. The van der Waals surface area contributed by atoms with Crippen molar-refractivity contribution in [2.24, 2.45) is 0 Å². The molecule has 1 atom stereocenters. The Bertz CT molecular complexity index is 845. The largest absolute Gasteiger partial charge is 0.377 e. The maximum atomic E-state index is 13.6. The second-order valence-electron chi connectivity index (χ2n) is 6.38. The normalized spacial score (nSPS) is 18.6. The van der Waals surface area contributed by atoms with Crippen LogP contribution >= 0.6 is 0 Å². The van der Waals surface area contributed by atoms with Gasteiger partial charge in [-0.05, 0) is 31.5 Å². The van der Waals surface area contributed by atoms with Crippen LogP contribution in [0.2, 0.25) is 0 Å². The van der Waals surface area contributed by atoms with Gasteiger partial charge in [-0.1, -0.05) is 6.07 Å². The van der Waals surface area contributed by atoms with Crippen molar-refractivity contribution in [2.75, 3.05) is 26.8 Å². The first-order valence-corrected chi connectivity index (χ1v) is 8.52. The summed E-state index contributed by atoms with van der Waals surface area (Å²) < 4.78 is 34.0. The molecule has 1 aromatic carbocycles. The topological polar surface area (TPSA) is 66.2 Å². The van der Waals surface area contributed by atoms with Crippen LogP contribution in [0.15, 0.2) is 24.3 Å². The maximum Gasteiger partial charge on any atom is 0.296 e. The zero-order valence-electron chi connectivity index (χ0n) is 15.1. The van der Waals surface area contributed by atoms with Crippen LogP contribution in [0, 0.1) is 12.3 Å². The first-order valence-electron chi connectivity index (χ1n) is 8.52. The average Bonchev–Trinajstić information content (AvgIpc) is 2.98. The van der Waals surface area contributed by atoms with Crippen molar-refractivity contribution >= 4 is 22.7 Å². The van der Waals surface area contributed by atoms with Crippen molar-refractivity contribution in [2.45, 2.75) is 26.3 Å². The number of fused-ring (bicyclic) bond motifs is 1. The van der Waals surface area contributed by atoms with Gasteiger partial charge in [0.05, 0.1) is 30.3 Å². The van der Waals surface area contributed by atoms with E-state index in [1.165, 1.54) is 4.57 Å². The molecular formula is C18H23F2N5O. The number of rotatable bonds is 4. The van der Waals surface area contributed by atoms with Crippen molar-refractivity contribution in [1.82, 2.24) is 19.8 Å². The summed E-state index contributed by atoms with van der Waals surface area (Å²) in [6.07, 6.45) is -1.16. The van der Waals surface area contributed by atoms with E-state index in [-0.39, 0.29) is 17.7 Å². The number of benzene rings is 1. The van der Waals surface area contributed by atoms with Gasteiger partial charge in [0, 0.05) is 19.7 Å². The number of hydrogen-bond acceptors (Lipinski definition) is 4. The van der Waals surface area contributed by atoms with Crippen LogP contribution in [0.25, 0.3) is 16.9 Å². The summed E-state index contributed by atoms with van der Waals surface area (Å²) in [7, 11) is 1.65. The number of nitrogens with zero attached hydrogens (tertiary/aromatic N) is 3. The third kappa shape index (κ3) is 3.41. The lowest BCUT2D eigenvalue weighted by atomic mass is 10.2. The number of ether oxygens (including phenoxy) is 1. The Balaban J connectivity index is 2.08. The number of morpholine rings is 1. The van der Waals surface area contributed by atoms with Crippen LogP contribution in [-0.2, 0) is 4.74 Å². The molecule has 0 aliphatic carbocycles. The maximum absolute atomic E-state index is 13.6. The third-order valence-electron chi connectivity index (χ3n) is 4.48. The molecule has 6 nitrogen and oxygen atoms in total. The fourth-order valence-corrected chi connectivity index (χ4v) is 3.15. The van der Waals surface area contributed by atoms with Gasteiger partial charge in [0.2, 0.25) is 0 Å². The summed E-state index contributed by atoms with van der Waals surface area (Å²) >= 11 is 0. The monoisotopic (exact) mass is 363 g/mol. The molecule has 0 spiro atoms. The van der Waals surface area contributed by atoms with Gasteiger partial charge >= 0.3 is 0 Å². The second kappa shape index (κ2) is 7.41. The van der Waals surface area contributed by atoms with E-state index in [0.717, 1.165) is 5.56 Å². The molecular weight excluding hydrogens is 340 g/mol. The van der Waals surface area contributed by atoms with Crippen LogP contribution in [0.5, 0.6) is 0 Å². The van der Waals surface area contributed by atoms with Gasteiger partial charge in [0.1, 0.15) is 11.7 Å². The van der Waals surface area contributed by atoms with E-state index >= 15 is 0 Å². The van der Waals surface area contributed by atoms with Crippen LogP contribution < -0.4 is 5.32 Å². The molecule has 1 aliphatic heterocycles. The molecule has 1 aromatic heterocycles. The highest BCUT2D eigenvalue weighted by atomic mass is 19.3. The molecule has 2 aromatic rings. The molecule has 1 fully saturated rings. The van der Waals surface area contributed by atoms with E-state index in [1.54, 1.807) is 19.2 Å². The molecule has 1 aliphatic rings. The molecule has 2 heterocycles. The Hall–Kier alpha value is -2.48. The molecule has 140 valence electrons. The molecule has 1 saturated heterocycles. The number of aryl methyl sites for hydroxylation is 1. The molecule has 0 radical (unpaired) electrons. The minimum atomic E-state index is -2.73. The Morgan fingerprint density at radius 2 is 2.23 bits per heavy atom. The van der Waals surface area contributed by atoms with E-state index in [4.69, 9.17) is 10.1 Å². The molecule has 0 amide bonds. The van der Waals surface area contributed by atoms with E-state index in [2.05, 4.69) is 10.3 Å². The van der Waals surface area contributed by atoms with E-state index in [0.29, 0.717) is 36.6 Å². The van der Waals surface area contributed by atoms with Gasteiger partial charge in [-0.25, -0.2) is 13.8 Å². The van der Waals surface area contributed by atoms with Crippen molar-refractivity contribution in [3.8, 4) is 0 Å². The highest BCUT2D eigenvalue weighted by Crippen LogP contribution is 2.27. The number of amidine groups is 1. The van der Waals surface area contributed by atoms with Crippen molar-refractivity contribution in [1.29, 1.82) is 5.41 Å². The minimum absolute atomic E-state index is 0.0574. The summed E-state index contributed by atoms with van der Waals surface area (Å²) in [5.74, 6) is 0.297. The average molecular weight is 363 g/mol. The Labute approximate surface area is 151 Å². The molecule has 2 N–H and O–H groups in total. The predicted octanol–water partition coefficient (Wildman–Crippen LogP) is 3.00. The summed E-state index contributed by atoms with van der Waals surface area (Å²) in [4.78, 5) is 5.98. The van der Waals surface area contributed by atoms with Gasteiger partial charge in [0.15, 0.2) is 5.82 Å². The van der Waals surface area contributed by atoms with E-state index < -0.39 is 6.43 Å². The Kier molecular flexibility index (Phi) is 5.22. The number of aromatic nitrogens is 2. The highest BCUT2D eigenvalue weighted by molar-refractivity contribution is 5.96. The van der Waals surface area contributed by atoms with Crippen molar-refractivity contribution in [3.05, 3.63) is 35.7 Å². The minimum Gasteiger partial charge on any atom is -0.377 e. The second-order valence-corrected chi connectivity index (χ2v) is 6.38. The van der Waals surface area contributed by atoms with Gasteiger partial charge in [-0.2, -0.15) is 0 Å². The van der Waals surface area contributed by atoms with Crippen molar-refractivity contribution in [3.63, 3.8) is 0 Å². The number of alkyl halides is 2. The first-order chi connectivity index (χ1) is 12.4. The lowest BCUT2D eigenvalue weighted by Gasteiger charge is -2.34. The van der Waals surface area contributed by atoms with Crippen LogP contribution in [0.4, 0.5) is 8.78 Å². The van der Waals surface area contributed by atoms with E-state index in [1.807, 2.05) is 30.9 Å². The predicted molar refractivity (Wildman–Crippen MR) is 97.5 cm³/mol. The fourth-order valence-electron chi connectivity index (χ4n) is 3.15. The highest BCUT2D eigenvalue weighted by Gasteiger charge is 2.24. The van der Waals surface area contributed by atoms with Crippen LogP contribution in [0.3, 0.4) is 0 Å². The molecule has 8 heteroatoms. The molecule has 0 unspecified atom stereocenters. The zero-order chi connectivity index (χ0) is 18.8. The summed E-state index contributed by atoms with van der Waals surface area (Å²) in [6, 6.07) is 5.45. The summed E-state index contributed by atoms with van der Waals surface area (Å²) in [6.45, 7) is 5.56. The molecule has 0 saturated carbocycles. The molecule has 26 heavy (non-hydrogen) atoms. The first kappa shape index (κ1) is 18.3. The van der Waals surface area contributed by atoms with Crippen LogP contribution in [0.1, 0.15) is 24.7 Å². The Morgan fingerprint density at radius 3 is 2.88 bits per heavy atom. The standard InChI is InChI=1S/C18H23F2N5O/c1-11-4-5-13-14(8-11)25(18(23-13)17(19)20)16(22-3)9-15(21)24-6-7-26-10-12(24)2/h4-5,8-9,12,17,21-22H,6-7,10H2,1-3H3/t12-/m0/s1. The number of imidazole rings is 1. The quantitative estimate of drug-likeness (QED) is 0.647. The summed E-state index contributed by atoms with van der Waals surface area (Å²) in [5.41, 5.74) is 2.04. The van der Waals surface area contributed by atoms with Gasteiger partial charge in [-0.15, -0.1) is 0 Å². The fraction of sp³-hybridized carbons (Fsp3) is 0.444. The SMILES string of the molecule is CNC(=CC(=N)N1CCOC[C@@H]1C)n1c(C(F)F)nc2ccc(C)cc21. The zero-order valence-corrected chi connectivity index (χ0v) is 15.1. The third-order valence-corrected chi connectivity index (χ3v) is 4.48. The number of halogens is 2. The van der Waals surface area contributed by atoms with Gasteiger partial charge < -0.3 is 15.0 Å². The van der Waals surface area contributed by atoms with Gasteiger partial charge in [0.25, 0.3) is 6.43 Å². The number of nitrogens with one attached hydrogen (secondary N) is 2. The lowest BCUT2D eigenvalue weighted by molar-refractivity contribution is 0.0333. The van der Waals surface area contributed by atoms with Crippen LogP contribution in [-0.4, -0.2) is 53.1 Å².